The molecule has 42 heavy (non-hydrogen) atoms. The molecule has 0 aliphatic rings. The van der Waals surface area contributed by atoms with Gasteiger partial charge in [-0.1, -0.05) is 121 Å². The Hall–Kier alpha value is -4.94. The lowest BCUT2D eigenvalue weighted by molar-refractivity contribution is 1.36. The van der Waals surface area contributed by atoms with Crippen LogP contribution in [0.25, 0.3) is 66.1 Å². The summed E-state index contributed by atoms with van der Waals surface area (Å²) >= 11 is 0. The van der Waals surface area contributed by atoms with Gasteiger partial charge >= 0.3 is 0 Å². The van der Waals surface area contributed by atoms with Crippen molar-refractivity contribution in [3.63, 3.8) is 0 Å². The molecule has 0 amide bonds. The quantitative estimate of drug-likeness (QED) is 0.196. The van der Waals surface area contributed by atoms with Gasteiger partial charge in [-0.25, -0.2) is 0 Å². The zero-order chi connectivity index (χ0) is 28.8. The molecule has 0 radical (unpaired) electrons. The van der Waals surface area contributed by atoms with E-state index in [2.05, 4.69) is 161 Å². The maximum Gasteiger partial charge on any atom is -0.00260 e. The molecule has 0 spiro atoms. The van der Waals surface area contributed by atoms with E-state index in [4.69, 9.17) is 0 Å². The second-order valence-electron chi connectivity index (χ2n) is 11.6. The highest BCUT2D eigenvalue weighted by Gasteiger charge is 2.19. The monoisotopic (exact) mass is 538 g/mol. The molecule has 0 atom stereocenters. The first-order valence-electron chi connectivity index (χ1n) is 14.8. The third-order valence-corrected chi connectivity index (χ3v) is 8.86. The average molecular weight is 539 g/mol. The summed E-state index contributed by atoms with van der Waals surface area (Å²) in [5, 5.41) is 5.22. The lowest BCUT2D eigenvalue weighted by Gasteiger charge is -2.21. The highest BCUT2D eigenvalue weighted by molar-refractivity contribution is 6.22. The first kappa shape index (κ1) is 26.0. The van der Waals surface area contributed by atoms with Crippen LogP contribution in [0.5, 0.6) is 0 Å². The van der Waals surface area contributed by atoms with Crippen LogP contribution in [0.1, 0.15) is 22.3 Å². The van der Waals surface area contributed by atoms with E-state index >= 15 is 0 Å². The Labute approximate surface area is 248 Å². The molecular formula is C42H34. The van der Waals surface area contributed by atoms with Gasteiger partial charge in [0, 0.05) is 0 Å². The fraction of sp³-hybridized carbons (Fsp3) is 0.0952. The molecule has 202 valence electrons. The Kier molecular flexibility index (Phi) is 6.48. The topological polar surface area (TPSA) is 0 Å². The summed E-state index contributed by atoms with van der Waals surface area (Å²) in [5.74, 6) is 0. The first-order chi connectivity index (χ1) is 20.5. The minimum atomic E-state index is 1.24. The first-order valence-corrected chi connectivity index (χ1v) is 14.8. The molecule has 0 aliphatic carbocycles. The molecule has 7 aromatic rings. The third-order valence-electron chi connectivity index (χ3n) is 8.86. The van der Waals surface area contributed by atoms with Crippen LogP contribution in [0.2, 0.25) is 0 Å². The van der Waals surface area contributed by atoms with Crippen LogP contribution in [0.3, 0.4) is 0 Å². The van der Waals surface area contributed by atoms with E-state index in [0.717, 1.165) is 0 Å². The lowest BCUT2D eigenvalue weighted by Crippen LogP contribution is -1.95. The van der Waals surface area contributed by atoms with Gasteiger partial charge in [0.15, 0.2) is 0 Å². The number of hydrogen-bond donors (Lipinski definition) is 0. The fourth-order valence-corrected chi connectivity index (χ4v) is 6.34. The van der Waals surface area contributed by atoms with Crippen LogP contribution < -0.4 is 0 Å². The van der Waals surface area contributed by atoms with Crippen molar-refractivity contribution in [3.05, 3.63) is 156 Å². The average Bonchev–Trinajstić information content (AvgIpc) is 3.02. The van der Waals surface area contributed by atoms with Crippen molar-refractivity contribution in [2.45, 2.75) is 27.7 Å². The number of rotatable bonds is 4. The lowest BCUT2D eigenvalue weighted by atomic mass is 9.82. The Morgan fingerprint density at radius 1 is 0.262 bits per heavy atom. The van der Waals surface area contributed by atoms with Crippen molar-refractivity contribution < 1.29 is 0 Å². The van der Waals surface area contributed by atoms with Crippen LogP contribution in [-0.4, -0.2) is 0 Å². The molecule has 0 fully saturated rings. The smallest absolute Gasteiger partial charge is 0.00260 e. The molecule has 0 saturated heterocycles. The number of hydrogen-bond acceptors (Lipinski definition) is 0. The second kappa shape index (κ2) is 10.5. The molecule has 7 rings (SSSR count). The predicted molar refractivity (Wildman–Crippen MR) is 182 cm³/mol. The number of benzene rings is 7. The van der Waals surface area contributed by atoms with Crippen molar-refractivity contribution >= 4 is 21.5 Å². The van der Waals surface area contributed by atoms with Gasteiger partial charge in [0.05, 0.1) is 0 Å². The maximum atomic E-state index is 2.41. The van der Waals surface area contributed by atoms with Crippen molar-refractivity contribution in [1.29, 1.82) is 0 Å². The third kappa shape index (κ3) is 4.50. The molecular weight excluding hydrogens is 504 g/mol. The van der Waals surface area contributed by atoms with E-state index in [9.17, 15) is 0 Å². The maximum absolute atomic E-state index is 2.41. The SMILES string of the molecule is Cc1cc2c(-c3cccc(-c4ccccc4)c3)c3cc(C)c(C)cc3c(-c3cccc(-c4ccccc4)c3)c2cc1C. The summed E-state index contributed by atoms with van der Waals surface area (Å²) in [5.41, 5.74) is 15.3. The molecule has 0 saturated carbocycles. The zero-order valence-corrected chi connectivity index (χ0v) is 24.7. The van der Waals surface area contributed by atoms with Crippen LogP contribution in [-0.2, 0) is 0 Å². The number of fused-ring (bicyclic) bond motifs is 2. The normalized spacial score (nSPS) is 11.3. The molecule has 0 N–H and O–H groups in total. The summed E-state index contributed by atoms with van der Waals surface area (Å²) in [6.07, 6.45) is 0. The Morgan fingerprint density at radius 2 is 0.548 bits per heavy atom. The summed E-state index contributed by atoms with van der Waals surface area (Å²) in [7, 11) is 0. The van der Waals surface area contributed by atoms with Gasteiger partial charge in [0.1, 0.15) is 0 Å². The van der Waals surface area contributed by atoms with Gasteiger partial charge < -0.3 is 0 Å². The minimum absolute atomic E-state index is 1.24. The predicted octanol–water partition coefficient (Wildman–Crippen LogP) is 11.9. The van der Waals surface area contributed by atoms with Crippen LogP contribution in [0.15, 0.2) is 133 Å². The molecule has 0 aliphatic heterocycles. The van der Waals surface area contributed by atoms with Gasteiger partial charge in [-0.2, -0.15) is 0 Å². The van der Waals surface area contributed by atoms with Gasteiger partial charge in [0.25, 0.3) is 0 Å². The van der Waals surface area contributed by atoms with Crippen LogP contribution in [0.4, 0.5) is 0 Å². The van der Waals surface area contributed by atoms with E-state index < -0.39 is 0 Å². The minimum Gasteiger partial charge on any atom is -0.0622 e. The Morgan fingerprint density at radius 3 is 0.881 bits per heavy atom. The van der Waals surface area contributed by atoms with Gasteiger partial charge in [0.2, 0.25) is 0 Å². The molecule has 0 unspecified atom stereocenters. The largest absolute Gasteiger partial charge is 0.0622 e. The highest BCUT2D eigenvalue weighted by Crippen LogP contribution is 2.46. The van der Waals surface area contributed by atoms with Gasteiger partial charge in [-0.3, -0.25) is 0 Å². The Bertz CT molecular complexity index is 1880. The van der Waals surface area contributed by atoms with Crippen molar-refractivity contribution in [2.75, 3.05) is 0 Å². The van der Waals surface area contributed by atoms with E-state index in [1.54, 1.807) is 0 Å². The van der Waals surface area contributed by atoms with E-state index in [0.29, 0.717) is 0 Å². The van der Waals surface area contributed by atoms with E-state index in [-0.39, 0.29) is 0 Å². The molecule has 0 bridgehead atoms. The van der Waals surface area contributed by atoms with Gasteiger partial charge in [-0.05, 0) is 128 Å². The van der Waals surface area contributed by atoms with E-state index in [1.165, 1.54) is 88.3 Å². The second-order valence-corrected chi connectivity index (χ2v) is 11.6. The summed E-state index contributed by atoms with van der Waals surface area (Å²) < 4.78 is 0. The Balaban J connectivity index is 1.60. The molecule has 0 heterocycles. The van der Waals surface area contributed by atoms with E-state index in [1.807, 2.05) is 0 Å². The molecule has 7 aromatic carbocycles. The summed E-state index contributed by atoms with van der Waals surface area (Å²) in [6.45, 7) is 8.94. The van der Waals surface area contributed by atoms with Crippen LogP contribution in [0, 0.1) is 27.7 Å². The summed E-state index contributed by atoms with van der Waals surface area (Å²) in [6, 6.07) is 49.2. The molecule has 0 heteroatoms. The van der Waals surface area contributed by atoms with Crippen molar-refractivity contribution in [2.24, 2.45) is 0 Å². The summed E-state index contributed by atoms with van der Waals surface area (Å²) in [4.78, 5) is 0. The van der Waals surface area contributed by atoms with Gasteiger partial charge in [-0.15, -0.1) is 0 Å². The fourth-order valence-electron chi connectivity index (χ4n) is 6.34. The van der Waals surface area contributed by atoms with Crippen LogP contribution >= 0.6 is 0 Å². The van der Waals surface area contributed by atoms with Crippen molar-refractivity contribution in [1.82, 2.24) is 0 Å². The number of aryl methyl sites for hydroxylation is 4. The highest BCUT2D eigenvalue weighted by atomic mass is 14.2. The standard InChI is InChI=1S/C42H34/c1-27-21-37-38(22-28(27)2)42(36-20-12-18-34(26-36)32-15-9-6-10-16-32)40-24-30(4)29(3)23-39(40)41(37)35-19-11-17-33(25-35)31-13-7-5-8-14-31/h5-26H,1-4H3. The van der Waals surface area contributed by atoms with Crippen molar-refractivity contribution in [3.8, 4) is 44.5 Å². The zero-order valence-electron chi connectivity index (χ0n) is 24.7. The molecule has 0 aromatic heterocycles. The molecule has 0 nitrogen and oxygen atoms in total.